The van der Waals surface area contributed by atoms with Crippen LogP contribution in [0.15, 0.2) is 46.2 Å². The second-order valence-corrected chi connectivity index (χ2v) is 8.70. The number of alkyl halides is 3. The lowest BCUT2D eigenvalue weighted by molar-refractivity contribution is -0.137. The van der Waals surface area contributed by atoms with Gasteiger partial charge in [-0.15, -0.1) is 0 Å². The molecule has 5 rings (SSSR count). The van der Waals surface area contributed by atoms with Gasteiger partial charge in [0, 0.05) is 28.8 Å². The highest BCUT2D eigenvalue weighted by Gasteiger charge is 2.35. The van der Waals surface area contributed by atoms with Crippen LogP contribution in [0.3, 0.4) is 0 Å². The summed E-state index contributed by atoms with van der Waals surface area (Å²) in [6, 6.07) is 10.3. The van der Waals surface area contributed by atoms with Gasteiger partial charge in [-0.1, -0.05) is 23.9 Å². The number of rotatable bonds is 3. The van der Waals surface area contributed by atoms with Crippen molar-refractivity contribution in [2.45, 2.75) is 34.7 Å². The van der Waals surface area contributed by atoms with Crippen molar-refractivity contribution in [3.8, 4) is 5.69 Å². The topological polar surface area (TPSA) is 47.1 Å². The van der Waals surface area contributed by atoms with Gasteiger partial charge in [-0.25, -0.2) is 4.98 Å². The Hall–Kier alpha value is -2.03. The molecule has 2 aliphatic heterocycles. The summed E-state index contributed by atoms with van der Waals surface area (Å²) < 4.78 is 42.5. The van der Waals surface area contributed by atoms with Gasteiger partial charge >= 0.3 is 6.18 Å². The molecular weight excluding hydrogens is 397 g/mol. The van der Waals surface area contributed by atoms with Crippen LogP contribution in [0.25, 0.3) is 16.7 Å². The standard InChI is InChI=1S/C21H21F3N4S/c22-21(23,24)14-11-15-19-18(12-14)29-17-4-2-1-3-16(17)28(19)20(26-15)13-5-8-27(9-6-13)10-7-25/h1-4,11-13H,5-10,25H2. The first kappa shape index (κ1) is 19.0. The summed E-state index contributed by atoms with van der Waals surface area (Å²) in [5.74, 6) is 1.09. The number of hydrogen-bond donors (Lipinski definition) is 1. The molecule has 1 fully saturated rings. The fourth-order valence-corrected chi connectivity index (χ4v) is 5.52. The lowest BCUT2D eigenvalue weighted by Crippen LogP contribution is -2.37. The van der Waals surface area contributed by atoms with E-state index in [1.54, 1.807) is 0 Å². The predicted molar refractivity (Wildman–Crippen MR) is 108 cm³/mol. The van der Waals surface area contributed by atoms with Crippen molar-refractivity contribution in [3.63, 3.8) is 0 Å². The summed E-state index contributed by atoms with van der Waals surface area (Å²) in [4.78, 5) is 8.68. The Labute approximate surface area is 170 Å². The minimum Gasteiger partial charge on any atom is -0.329 e. The van der Waals surface area contributed by atoms with E-state index < -0.39 is 11.7 Å². The number of nitrogens with zero attached hydrogens (tertiary/aromatic N) is 3. The lowest BCUT2D eigenvalue weighted by atomic mass is 9.95. The molecule has 0 unspecified atom stereocenters. The molecule has 0 amide bonds. The number of piperidine rings is 1. The molecule has 2 aromatic carbocycles. The van der Waals surface area contributed by atoms with Gasteiger partial charge in [-0.3, -0.25) is 4.57 Å². The van der Waals surface area contributed by atoms with Crippen molar-refractivity contribution in [1.29, 1.82) is 0 Å². The van der Waals surface area contributed by atoms with E-state index in [1.807, 2.05) is 24.3 Å². The van der Waals surface area contributed by atoms with Gasteiger partial charge < -0.3 is 10.6 Å². The van der Waals surface area contributed by atoms with E-state index in [9.17, 15) is 13.2 Å². The average Bonchev–Trinajstić information content (AvgIpc) is 3.09. The maximum absolute atomic E-state index is 13.5. The number of hydrogen-bond acceptors (Lipinski definition) is 4. The number of aromatic nitrogens is 2. The van der Waals surface area contributed by atoms with Gasteiger partial charge in [0.25, 0.3) is 0 Å². The first-order chi connectivity index (χ1) is 14.0. The quantitative estimate of drug-likeness (QED) is 0.526. The van der Waals surface area contributed by atoms with Crippen molar-refractivity contribution in [3.05, 3.63) is 47.8 Å². The molecule has 0 radical (unpaired) electrons. The molecule has 0 saturated carbocycles. The average molecular weight is 418 g/mol. The Balaban J connectivity index is 1.66. The lowest BCUT2D eigenvalue weighted by Gasteiger charge is -2.32. The van der Waals surface area contributed by atoms with E-state index in [-0.39, 0.29) is 5.92 Å². The second kappa shape index (κ2) is 7.04. The monoisotopic (exact) mass is 418 g/mol. The van der Waals surface area contributed by atoms with Crippen molar-refractivity contribution in [2.24, 2.45) is 5.73 Å². The van der Waals surface area contributed by atoms with Gasteiger partial charge in [0.05, 0.1) is 22.3 Å². The molecule has 1 aromatic heterocycles. The van der Waals surface area contributed by atoms with Crippen LogP contribution in [0.2, 0.25) is 0 Å². The Bertz CT molecular complexity index is 1070. The molecule has 3 aromatic rings. The van der Waals surface area contributed by atoms with E-state index >= 15 is 0 Å². The number of para-hydroxylation sites is 1. The van der Waals surface area contributed by atoms with Crippen LogP contribution < -0.4 is 5.73 Å². The van der Waals surface area contributed by atoms with Crippen molar-refractivity contribution in [1.82, 2.24) is 14.5 Å². The maximum atomic E-state index is 13.5. The Kier molecular flexibility index (Phi) is 4.60. The fourth-order valence-electron chi connectivity index (χ4n) is 4.39. The van der Waals surface area contributed by atoms with Crippen LogP contribution in [-0.4, -0.2) is 40.6 Å². The van der Waals surface area contributed by atoms with Gasteiger partial charge in [0.1, 0.15) is 5.82 Å². The SMILES string of the molecule is NCCN1CCC(c2nc3cc(C(F)(F)F)cc4c3n2-c2ccccc2S4)CC1. The van der Waals surface area contributed by atoms with Crippen LogP contribution in [0.1, 0.15) is 30.1 Å². The zero-order valence-electron chi connectivity index (χ0n) is 15.7. The van der Waals surface area contributed by atoms with Crippen LogP contribution in [0.4, 0.5) is 13.2 Å². The predicted octanol–water partition coefficient (Wildman–Crippen LogP) is 4.65. The molecule has 0 bridgehead atoms. The highest BCUT2D eigenvalue weighted by atomic mass is 32.2. The van der Waals surface area contributed by atoms with Crippen molar-refractivity contribution < 1.29 is 13.2 Å². The molecular formula is C21H21F3N4S. The number of likely N-dealkylation sites (tertiary alicyclic amines) is 1. The minimum absolute atomic E-state index is 0.217. The van der Waals surface area contributed by atoms with E-state index in [0.717, 1.165) is 54.4 Å². The zero-order chi connectivity index (χ0) is 20.2. The molecule has 2 aliphatic rings. The van der Waals surface area contributed by atoms with Gasteiger partial charge in [0.15, 0.2) is 0 Å². The molecule has 152 valence electrons. The molecule has 4 nitrogen and oxygen atoms in total. The summed E-state index contributed by atoms with van der Waals surface area (Å²) in [6.07, 6.45) is -2.53. The fraction of sp³-hybridized carbons (Fsp3) is 0.381. The zero-order valence-corrected chi connectivity index (χ0v) is 16.6. The summed E-state index contributed by atoms with van der Waals surface area (Å²) in [5.41, 5.74) is 7.26. The van der Waals surface area contributed by atoms with E-state index in [0.29, 0.717) is 17.0 Å². The van der Waals surface area contributed by atoms with Crippen LogP contribution in [-0.2, 0) is 6.18 Å². The molecule has 8 heteroatoms. The van der Waals surface area contributed by atoms with Gasteiger partial charge in [-0.05, 0) is 50.2 Å². The Morgan fingerprint density at radius 1 is 1.10 bits per heavy atom. The third kappa shape index (κ3) is 3.23. The molecule has 0 aliphatic carbocycles. The van der Waals surface area contributed by atoms with E-state index in [4.69, 9.17) is 10.7 Å². The molecule has 0 atom stereocenters. The molecule has 29 heavy (non-hydrogen) atoms. The molecule has 0 spiro atoms. The first-order valence-electron chi connectivity index (χ1n) is 9.79. The highest BCUT2D eigenvalue weighted by molar-refractivity contribution is 7.99. The van der Waals surface area contributed by atoms with Crippen molar-refractivity contribution >= 4 is 22.8 Å². The van der Waals surface area contributed by atoms with E-state index in [1.165, 1.54) is 23.9 Å². The Morgan fingerprint density at radius 3 is 2.59 bits per heavy atom. The second-order valence-electron chi connectivity index (χ2n) is 7.62. The van der Waals surface area contributed by atoms with E-state index in [2.05, 4.69) is 9.47 Å². The summed E-state index contributed by atoms with van der Waals surface area (Å²) >= 11 is 1.39. The summed E-state index contributed by atoms with van der Waals surface area (Å²) in [6.45, 7) is 3.38. The first-order valence-corrected chi connectivity index (χ1v) is 10.6. The van der Waals surface area contributed by atoms with Crippen LogP contribution in [0, 0.1) is 0 Å². The molecule has 2 N–H and O–H groups in total. The number of nitrogens with two attached hydrogens (primary N) is 1. The molecule has 1 saturated heterocycles. The molecule has 3 heterocycles. The number of halogens is 3. The maximum Gasteiger partial charge on any atom is 0.416 e. The highest BCUT2D eigenvalue weighted by Crippen LogP contribution is 2.47. The van der Waals surface area contributed by atoms with Crippen LogP contribution >= 0.6 is 11.8 Å². The third-order valence-corrected chi connectivity index (χ3v) is 6.89. The number of fused-ring (bicyclic) bond motifs is 2. The summed E-state index contributed by atoms with van der Waals surface area (Å²) in [5, 5.41) is 0. The smallest absolute Gasteiger partial charge is 0.329 e. The third-order valence-electron chi connectivity index (χ3n) is 5.79. The number of benzene rings is 2. The summed E-state index contributed by atoms with van der Waals surface area (Å²) in [7, 11) is 0. The normalized spacial score (nSPS) is 17.7. The number of imidazole rings is 1. The van der Waals surface area contributed by atoms with Gasteiger partial charge in [-0.2, -0.15) is 13.2 Å². The minimum atomic E-state index is -4.39. The van der Waals surface area contributed by atoms with Crippen molar-refractivity contribution in [2.75, 3.05) is 26.2 Å². The largest absolute Gasteiger partial charge is 0.416 e. The Morgan fingerprint density at radius 2 is 1.86 bits per heavy atom. The van der Waals surface area contributed by atoms with Crippen LogP contribution in [0.5, 0.6) is 0 Å². The van der Waals surface area contributed by atoms with Gasteiger partial charge in [0.2, 0.25) is 0 Å².